The normalized spacial score (nSPS) is 30.9. The van der Waals surface area contributed by atoms with Crippen molar-refractivity contribution in [1.82, 2.24) is 10.2 Å². The smallest absolute Gasteiger partial charge is 0.317 e. The predicted molar refractivity (Wildman–Crippen MR) is 48.6 cm³/mol. The van der Waals surface area contributed by atoms with Crippen molar-refractivity contribution >= 4 is 12.0 Å². The van der Waals surface area contributed by atoms with Gasteiger partial charge in [-0.25, -0.2) is 4.79 Å². The average Bonchev–Trinajstić information content (AvgIpc) is 2.59. The van der Waals surface area contributed by atoms with Crippen LogP contribution in [0.5, 0.6) is 0 Å². The summed E-state index contributed by atoms with van der Waals surface area (Å²) in [7, 11) is 1.41. The van der Waals surface area contributed by atoms with Gasteiger partial charge >= 0.3 is 12.0 Å². The van der Waals surface area contributed by atoms with Crippen LogP contribution in [0.1, 0.15) is 12.8 Å². The van der Waals surface area contributed by atoms with E-state index in [1.54, 1.807) is 4.90 Å². The molecule has 0 saturated carbocycles. The number of ether oxygens (including phenoxy) is 1. The van der Waals surface area contributed by atoms with Crippen LogP contribution in [0.25, 0.3) is 0 Å². The first kappa shape index (κ1) is 9.30. The summed E-state index contributed by atoms with van der Waals surface area (Å²) in [5, 5.41) is 2.77. The van der Waals surface area contributed by atoms with E-state index in [-0.39, 0.29) is 24.0 Å². The molecule has 0 aliphatic carbocycles. The van der Waals surface area contributed by atoms with Crippen LogP contribution >= 0.6 is 0 Å². The highest BCUT2D eigenvalue weighted by Gasteiger charge is 2.38. The third-order valence-corrected chi connectivity index (χ3v) is 3.00. The average molecular weight is 198 g/mol. The first-order valence-electron chi connectivity index (χ1n) is 4.84. The molecule has 2 aliphatic heterocycles. The highest BCUT2D eigenvalue weighted by atomic mass is 16.5. The third-order valence-electron chi connectivity index (χ3n) is 3.00. The zero-order chi connectivity index (χ0) is 10.1. The number of piperidine rings is 1. The molecule has 5 heteroatoms. The lowest BCUT2D eigenvalue weighted by atomic mass is 9.92. The fourth-order valence-corrected chi connectivity index (χ4v) is 2.20. The summed E-state index contributed by atoms with van der Waals surface area (Å²) in [6, 6.07) is 0.179. The minimum absolute atomic E-state index is 0.00156. The number of amides is 2. The topological polar surface area (TPSA) is 58.6 Å². The maximum absolute atomic E-state index is 11.3. The number of methoxy groups -OCH3 is 1. The van der Waals surface area contributed by atoms with Gasteiger partial charge in [-0.3, -0.25) is 4.79 Å². The van der Waals surface area contributed by atoms with Crippen LogP contribution < -0.4 is 5.32 Å². The molecule has 2 rings (SSSR count). The van der Waals surface area contributed by atoms with Crippen LogP contribution in [0.3, 0.4) is 0 Å². The van der Waals surface area contributed by atoms with Gasteiger partial charge in [0, 0.05) is 13.1 Å². The molecule has 0 bridgehead atoms. The number of nitrogens with one attached hydrogen (secondary N) is 1. The number of carbonyl (C=O) groups is 2. The van der Waals surface area contributed by atoms with Crippen molar-refractivity contribution in [2.75, 3.05) is 20.2 Å². The number of urea groups is 1. The maximum atomic E-state index is 11.3. The molecule has 2 aliphatic rings. The number of esters is 1. The lowest BCUT2D eigenvalue weighted by Gasteiger charge is -2.32. The second kappa shape index (κ2) is 3.48. The van der Waals surface area contributed by atoms with Crippen molar-refractivity contribution in [1.29, 1.82) is 0 Å². The van der Waals surface area contributed by atoms with E-state index in [0.717, 1.165) is 12.8 Å². The molecule has 0 aromatic carbocycles. The minimum Gasteiger partial charge on any atom is -0.469 e. The van der Waals surface area contributed by atoms with Gasteiger partial charge in [-0.05, 0) is 12.8 Å². The quantitative estimate of drug-likeness (QED) is 0.601. The SMILES string of the molecule is COC(=O)C1CCN2C(=O)NCC2C1. The van der Waals surface area contributed by atoms with E-state index < -0.39 is 0 Å². The van der Waals surface area contributed by atoms with Gasteiger partial charge < -0.3 is 15.0 Å². The molecule has 1 N–H and O–H groups in total. The fourth-order valence-electron chi connectivity index (χ4n) is 2.20. The van der Waals surface area contributed by atoms with E-state index in [4.69, 9.17) is 4.74 Å². The van der Waals surface area contributed by atoms with E-state index in [9.17, 15) is 9.59 Å². The van der Waals surface area contributed by atoms with Crippen molar-refractivity contribution in [2.24, 2.45) is 5.92 Å². The highest BCUT2D eigenvalue weighted by molar-refractivity contribution is 5.78. The molecule has 0 aromatic rings. The van der Waals surface area contributed by atoms with Gasteiger partial charge in [0.2, 0.25) is 0 Å². The molecule has 2 atom stereocenters. The third kappa shape index (κ3) is 1.42. The Balaban J connectivity index is 1.99. The van der Waals surface area contributed by atoms with Gasteiger partial charge in [-0.1, -0.05) is 0 Å². The van der Waals surface area contributed by atoms with Crippen molar-refractivity contribution in [3.63, 3.8) is 0 Å². The molecule has 0 spiro atoms. The Morgan fingerprint density at radius 2 is 2.43 bits per heavy atom. The number of fused-ring (bicyclic) bond motifs is 1. The molecule has 2 unspecified atom stereocenters. The molecule has 2 heterocycles. The molecule has 5 nitrogen and oxygen atoms in total. The summed E-state index contributed by atoms with van der Waals surface area (Å²) in [6.45, 7) is 1.32. The zero-order valence-electron chi connectivity index (χ0n) is 8.16. The standard InChI is InChI=1S/C9H14N2O3/c1-14-8(12)6-2-3-11-7(4-6)5-10-9(11)13/h6-7H,2-5H2,1H3,(H,10,13). The van der Waals surface area contributed by atoms with Crippen LogP contribution in [0.15, 0.2) is 0 Å². The Kier molecular flexibility index (Phi) is 2.31. The number of hydrogen-bond donors (Lipinski definition) is 1. The van der Waals surface area contributed by atoms with Crippen LogP contribution in [0, 0.1) is 5.92 Å². The molecule has 0 aromatic heterocycles. The summed E-state index contributed by atoms with van der Waals surface area (Å²) in [5.74, 6) is -0.182. The number of rotatable bonds is 1. The summed E-state index contributed by atoms with van der Waals surface area (Å²) >= 11 is 0. The Labute approximate surface area is 82.4 Å². The van der Waals surface area contributed by atoms with Gasteiger partial charge in [0.05, 0.1) is 19.1 Å². The molecule has 2 saturated heterocycles. The van der Waals surface area contributed by atoms with E-state index in [1.807, 2.05) is 0 Å². The van der Waals surface area contributed by atoms with Crippen molar-refractivity contribution < 1.29 is 14.3 Å². The van der Waals surface area contributed by atoms with Crippen molar-refractivity contribution in [3.8, 4) is 0 Å². The molecule has 2 amide bonds. The minimum atomic E-state index is -0.149. The Morgan fingerprint density at radius 3 is 3.14 bits per heavy atom. The molecule has 14 heavy (non-hydrogen) atoms. The fraction of sp³-hybridized carbons (Fsp3) is 0.778. The summed E-state index contributed by atoms with van der Waals surface area (Å²) in [5.41, 5.74) is 0. The largest absolute Gasteiger partial charge is 0.469 e. The number of hydrogen-bond acceptors (Lipinski definition) is 3. The van der Waals surface area contributed by atoms with E-state index in [1.165, 1.54) is 7.11 Å². The Morgan fingerprint density at radius 1 is 1.64 bits per heavy atom. The van der Waals surface area contributed by atoms with Crippen LogP contribution in [0.4, 0.5) is 4.79 Å². The second-order valence-corrected chi connectivity index (χ2v) is 3.78. The van der Waals surface area contributed by atoms with Gasteiger partial charge in [0.25, 0.3) is 0 Å². The second-order valence-electron chi connectivity index (χ2n) is 3.78. The molecule has 78 valence electrons. The molecular weight excluding hydrogens is 184 g/mol. The number of carbonyl (C=O) groups excluding carboxylic acids is 2. The van der Waals surface area contributed by atoms with Gasteiger partial charge in [0.1, 0.15) is 0 Å². The maximum Gasteiger partial charge on any atom is 0.317 e. The highest BCUT2D eigenvalue weighted by Crippen LogP contribution is 2.26. The number of nitrogens with zero attached hydrogens (tertiary/aromatic N) is 1. The van der Waals surface area contributed by atoms with Crippen LogP contribution in [-0.4, -0.2) is 43.1 Å². The van der Waals surface area contributed by atoms with Crippen LogP contribution in [0.2, 0.25) is 0 Å². The Bertz CT molecular complexity index is 267. The lowest BCUT2D eigenvalue weighted by Crippen LogP contribution is -2.43. The zero-order valence-corrected chi connectivity index (χ0v) is 8.16. The molecular formula is C9H14N2O3. The van der Waals surface area contributed by atoms with Crippen molar-refractivity contribution in [2.45, 2.75) is 18.9 Å². The molecule has 2 fully saturated rings. The summed E-state index contributed by atoms with van der Waals surface area (Å²) in [4.78, 5) is 24.3. The van der Waals surface area contributed by atoms with E-state index >= 15 is 0 Å². The lowest BCUT2D eigenvalue weighted by molar-refractivity contribution is -0.147. The first-order chi connectivity index (χ1) is 6.72. The molecule has 0 radical (unpaired) electrons. The van der Waals surface area contributed by atoms with E-state index in [0.29, 0.717) is 13.1 Å². The van der Waals surface area contributed by atoms with Crippen LogP contribution in [-0.2, 0) is 9.53 Å². The summed E-state index contributed by atoms with van der Waals surface area (Å²) in [6.07, 6.45) is 1.45. The summed E-state index contributed by atoms with van der Waals surface area (Å²) < 4.78 is 4.70. The first-order valence-corrected chi connectivity index (χ1v) is 4.84. The van der Waals surface area contributed by atoms with Gasteiger partial charge in [0.15, 0.2) is 0 Å². The Hall–Kier alpha value is -1.26. The van der Waals surface area contributed by atoms with Crippen molar-refractivity contribution in [3.05, 3.63) is 0 Å². The van der Waals surface area contributed by atoms with Gasteiger partial charge in [-0.15, -0.1) is 0 Å². The predicted octanol–water partition coefficient (Wildman–Crippen LogP) is -0.0368. The monoisotopic (exact) mass is 198 g/mol. The van der Waals surface area contributed by atoms with Gasteiger partial charge in [-0.2, -0.15) is 0 Å². The van der Waals surface area contributed by atoms with E-state index in [2.05, 4.69) is 5.32 Å².